The number of methoxy groups -OCH3 is 1. The zero-order valence-electron chi connectivity index (χ0n) is 13.6. The molecule has 1 saturated heterocycles. The Kier molecular flexibility index (Phi) is 5.07. The number of aromatic amines is 1. The number of carbonyl (C=O) groups excluding carboxylic acids is 1. The first-order valence-corrected chi connectivity index (χ1v) is 8.24. The maximum Gasteiger partial charge on any atom is 0.255 e. The molecule has 1 N–H and O–H groups in total. The number of carbonyl (C=O) groups is 1. The number of fused-ring (bicyclic) bond motifs is 1. The monoisotopic (exact) mass is 320 g/mol. The summed E-state index contributed by atoms with van der Waals surface area (Å²) in [6, 6.07) is 0. The topological polar surface area (TPSA) is 78.5 Å². The molecule has 7 nitrogen and oxygen atoms in total. The molecule has 1 aromatic heterocycles. The van der Waals surface area contributed by atoms with Crippen LogP contribution in [0.25, 0.3) is 0 Å². The molecule has 0 spiro atoms. The number of likely N-dealkylation sites (tertiary alicyclic amines) is 1. The Labute approximate surface area is 135 Å². The normalized spacial score (nSPS) is 19.6. The molecule has 3 rings (SSSR count). The smallest absolute Gasteiger partial charge is 0.255 e. The summed E-state index contributed by atoms with van der Waals surface area (Å²) in [6.45, 7) is 4.58. The number of rotatable bonds is 4. The van der Waals surface area contributed by atoms with Crippen LogP contribution in [0.3, 0.4) is 0 Å². The molecule has 0 atom stereocenters. The summed E-state index contributed by atoms with van der Waals surface area (Å²) < 4.78 is 5.10. The van der Waals surface area contributed by atoms with Gasteiger partial charge in [-0.2, -0.15) is 0 Å². The Morgan fingerprint density at radius 2 is 2.17 bits per heavy atom. The van der Waals surface area contributed by atoms with Crippen molar-refractivity contribution in [3.05, 3.63) is 27.9 Å². The number of hydrogen-bond acceptors (Lipinski definition) is 5. The molecule has 7 heteroatoms. The Morgan fingerprint density at radius 1 is 1.39 bits per heavy atom. The van der Waals surface area contributed by atoms with Gasteiger partial charge in [0.2, 0.25) is 5.91 Å². The van der Waals surface area contributed by atoms with E-state index in [2.05, 4.69) is 14.9 Å². The van der Waals surface area contributed by atoms with Crippen LogP contribution in [0.2, 0.25) is 0 Å². The van der Waals surface area contributed by atoms with E-state index >= 15 is 0 Å². The highest BCUT2D eigenvalue weighted by atomic mass is 16.5. The number of hydrogen-bond donors (Lipinski definition) is 1. The molecule has 23 heavy (non-hydrogen) atoms. The fourth-order valence-corrected chi connectivity index (χ4v) is 3.42. The van der Waals surface area contributed by atoms with Gasteiger partial charge in [-0.3, -0.25) is 9.59 Å². The lowest BCUT2D eigenvalue weighted by atomic mass is 9.94. The van der Waals surface area contributed by atoms with Crippen molar-refractivity contribution in [1.29, 1.82) is 0 Å². The van der Waals surface area contributed by atoms with Gasteiger partial charge in [-0.05, 0) is 25.9 Å². The van der Waals surface area contributed by atoms with Crippen molar-refractivity contribution in [1.82, 2.24) is 19.8 Å². The van der Waals surface area contributed by atoms with Crippen molar-refractivity contribution in [2.24, 2.45) is 5.92 Å². The van der Waals surface area contributed by atoms with Crippen LogP contribution in [-0.2, 0) is 22.5 Å². The van der Waals surface area contributed by atoms with E-state index in [0.29, 0.717) is 25.1 Å². The molecular formula is C16H24N4O3. The van der Waals surface area contributed by atoms with Crippen LogP contribution in [0.4, 0.5) is 0 Å². The highest BCUT2D eigenvalue weighted by molar-refractivity contribution is 5.79. The second-order valence-corrected chi connectivity index (χ2v) is 6.28. The van der Waals surface area contributed by atoms with Crippen molar-refractivity contribution in [3.8, 4) is 0 Å². The van der Waals surface area contributed by atoms with Gasteiger partial charge < -0.3 is 19.5 Å². The summed E-state index contributed by atoms with van der Waals surface area (Å²) in [6.07, 6.45) is 3.87. The molecule has 0 saturated carbocycles. The number of nitrogens with zero attached hydrogens (tertiary/aromatic N) is 3. The fraction of sp³-hybridized carbons (Fsp3) is 0.688. The highest BCUT2D eigenvalue weighted by Crippen LogP contribution is 2.22. The fourth-order valence-electron chi connectivity index (χ4n) is 3.42. The largest absolute Gasteiger partial charge is 0.383 e. The van der Waals surface area contributed by atoms with Gasteiger partial charge in [0.15, 0.2) is 0 Å². The first kappa shape index (κ1) is 16.1. The third-order valence-electron chi connectivity index (χ3n) is 4.87. The molecule has 0 radical (unpaired) electrons. The Hall–Kier alpha value is -1.73. The van der Waals surface area contributed by atoms with E-state index in [4.69, 9.17) is 4.74 Å². The van der Waals surface area contributed by atoms with E-state index in [1.54, 1.807) is 7.11 Å². The van der Waals surface area contributed by atoms with Crippen LogP contribution >= 0.6 is 0 Å². The van der Waals surface area contributed by atoms with E-state index in [-0.39, 0.29) is 17.4 Å². The summed E-state index contributed by atoms with van der Waals surface area (Å²) in [5.41, 5.74) is 1.35. The minimum Gasteiger partial charge on any atom is -0.383 e. The van der Waals surface area contributed by atoms with Crippen LogP contribution in [0.15, 0.2) is 11.1 Å². The molecule has 0 unspecified atom stereocenters. The SMILES string of the molecule is COCCN1CCC(C(=O)N2CCc3nc[nH]c(=O)c3C2)CC1. The molecule has 0 aliphatic carbocycles. The van der Waals surface area contributed by atoms with Gasteiger partial charge in [0.1, 0.15) is 0 Å². The van der Waals surface area contributed by atoms with Gasteiger partial charge in [-0.15, -0.1) is 0 Å². The summed E-state index contributed by atoms with van der Waals surface area (Å²) >= 11 is 0. The van der Waals surface area contributed by atoms with E-state index in [1.807, 2.05) is 4.90 Å². The van der Waals surface area contributed by atoms with Gasteiger partial charge in [-0.25, -0.2) is 4.98 Å². The van der Waals surface area contributed by atoms with Crippen molar-refractivity contribution >= 4 is 5.91 Å². The lowest BCUT2D eigenvalue weighted by Crippen LogP contribution is -2.46. The summed E-state index contributed by atoms with van der Waals surface area (Å²) in [4.78, 5) is 35.6. The Morgan fingerprint density at radius 3 is 2.91 bits per heavy atom. The summed E-state index contributed by atoms with van der Waals surface area (Å²) in [5, 5.41) is 0. The van der Waals surface area contributed by atoms with Crippen LogP contribution < -0.4 is 5.56 Å². The number of H-pyrrole nitrogens is 1. The third-order valence-corrected chi connectivity index (χ3v) is 4.87. The van der Waals surface area contributed by atoms with Gasteiger partial charge in [0.05, 0.1) is 30.7 Å². The van der Waals surface area contributed by atoms with Crippen LogP contribution in [-0.4, -0.2) is 65.6 Å². The van der Waals surface area contributed by atoms with Gasteiger partial charge in [0.25, 0.3) is 5.56 Å². The number of piperidine rings is 1. The predicted octanol–water partition coefficient (Wildman–Crippen LogP) is 0.0130. The van der Waals surface area contributed by atoms with E-state index in [1.165, 1.54) is 6.33 Å². The summed E-state index contributed by atoms with van der Waals surface area (Å²) in [5.74, 6) is 0.261. The molecule has 1 aromatic rings. The molecular weight excluding hydrogens is 296 g/mol. The van der Waals surface area contributed by atoms with Gasteiger partial charge >= 0.3 is 0 Å². The first-order chi connectivity index (χ1) is 11.2. The zero-order valence-corrected chi connectivity index (χ0v) is 13.6. The van der Waals surface area contributed by atoms with Crippen molar-refractivity contribution in [2.45, 2.75) is 25.8 Å². The van der Waals surface area contributed by atoms with E-state index in [9.17, 15) is 9.59 Å². The molecule has 126 valence electrons. The Bertz CT molecular complexity index is 608. The van der Waals surface area contributed by atoms with Crippen molar-refractivity contribution in [2.75, 3.05) is 39.9 Å². The van der Waals surface area contributed by atoms with E-state index < -0.39 is 0 Å². The Balaban J connectivity index is 1.58. The third kappa shape index (κ3) is 3.61. The number of nitrogens with one attached hydrogen (secondary N) is 1. The van der Waals surface area contributed by atoms with Gasteiger partial charge in [0, 0.05) is 32.5 Å². The quantitative estimate of drug-likeness (QED) is 0.846. The highest BCUT2D eigenvalue weighted by Gasteiger charge is 2.31. The summed E-state index contributed by atoms with van der Waals surface area (Å²) in [7, 11) is 1.71. The lowest BCUT2D eigenvalue weighted by Gasteiger charge is -2.35. The average Bonchev–Trinajstić information content (AvgIpc) is 2.60. The van der Waals surface area contributed by atoms with Gasteiger partial charge in [-0.1, -0.05) is 0 Å². The lowest BCUT2D eigenvalue weighted by molar-refractivity contribution is -0.138. The zero-order chi connectivity index (χ0) is 16.2. The standard InChI is InChI=1S/C16H24N4O3/c1-23-9-8-19-5-2-12(3-6-19)16(22)20-7-4-14-13(10-20)15(21)18-11-17-14/h11-12H,2-10H2,1H3,(H,17,18,21). The average molecular weight is 320 g/mol. The van der Waals surface area contributed by atoms with E-state index in [0.717, 1.165) is 44.8 Å². The molecule has 2 aliphatic rings. The number of ether oxygens (including phenoxy) is 1. The molecule has 1 fully saturated rings. The maximum atomic E-state index is 12.7. The predicted molar refractivity (Wildman–Crippen MR) is 85.0 cm³/mol. The van der Waals surface area contributed by atoms with Crippen molar-refractivity contribution in [3.63, 3.8) is 0 Å². The second kappa shape index (κ2) is 7.23. The maximum absolute atomic E-state index is 12.7. The van der Waals surface area contributed by atoms with Crippen LogP contribution in [0.5, 0.6) is 0 Å². The molecule has 1 amide bonds. The molecule has 3 heterocycles. The number of amides is 1. The number of aromatic nitrogens is 2. The second-order valence-electron chi connectivity index (χ2n) is 6.28. The minimum absolute atomic E-state index is 0.0751. The van der Waals surface area contributed by atoms with Crippen molar-refractivity contribution < 1.29 is 9.53 Å². The molecule has 0 aromatic carbocycles. The van der Waals surface area contributed by atoms with Crippen LogP contribution in [0, 0.1) is 5.92 Å². The van der Waals surface area contributed by atoms with Crippen LogP contribution in [0.1, 0.15) is 24.1 Å². The minimum atomic E-state index is -0.123. The first-order valence-electron chi connectivity index (χ1n) is 8.24. The molecule has 0 bridgehead atoms. The molecule has 2 aliphatic heterocycles.